The van der Waals surface area contributed by atoms with E-state index >= 15 is 0 Å². The van der Waals surface area contributed by atoms with Crippen LogP contribution in [0.25, 0.3) is 22.3 Å². The Balaban J connectivity index is 1.73. The van der Waals surface area contributed by atoms with Gasteiger partial charge in [0.2, 0.25) is 0 Å². The van der Waals surface area contributed by atoms with E-state index in [2.05, 4.69) is 0 Å². The number of hydrogen-bond donors (Lipinski definition) is 0. The third-order valence-electron chi connectivity index (χ3n) is 7.13. The highest BCUT2D eigenvalue weighted by Crippen LogP contribution is 2.56. The lowest BCUT2D eigenvalue weighted by Gasteiger charge is -2.24. The highest BCUT2D eigenvalue weighted by atomic mass is 19.4. The molecule has 0 saturated carbocycles. The summed E-state index contributed by atoms with van der Waals surface area (Å²) in [6.45, 7) is 7.55. The SMILES string of the molecule is CC1(C)c2cc(C(F)(F)F)ccc2-c2cc3c(cc21)-c1ccc(C(F)(F)F)cc1C3(C)C. The van der Waals surface area contributed by atoms with Crippen LogP contribution in [-0.2, 0) is 23.2 Å². The number of hydrogen-bond acceptors (Lipinski definition) is 0. The van der Waals surface area contributed by atoms with Crippen molar-refractivity contribution in [1.82, 2.24) is 0 Å². The van der Waals surface area contributed by atoms with Gasteiger partial charge in [0.25, 0.3) is 0 Å². The van der Waals surface area contributed by atoms with Crippen LogP contribution in [0.15, 0.2) is 48.5 Å². The first-order chi connectivity index (χ1) is 14.6. The van der Waals surface area contributed by atoms with E-state index in [1.807, 2.05) is 39.8 Å². The van der Waals surface area contributed by atoms with Crippen LogP contribution in [0.2, 0.25) is 0 Å². The predicted octanol–water partition coefficient (Wildman–Crippen LogP) is 8.34. The van der Waals surface area contributed by atoms with Gasteiger partial charge in [-0.1, -0.05) is 39.8 Å². The molecule has 166 valence electrons. The lowest BCUT2D eigenvalue weighted by Crippen LogP contribution is -2.18. The lowest BCUT2D eigenvalue weighted by atomic mass is 9.79. The smallest absolute Gasteiger partial charge is 0.166 e. The quantitative estimate of drug-likeness (QED) is 0.305. The Hall–Kier alpha value is -2.76. The molecule has 2 aliphatic carbocycles. The van der Waals surface area contributed by atoms with Gasteiger partial charge in [0.15, 0.2) is 0 Å². The Bertz CT molecular complexity index is 1190. The summed E-state index contributed by atoms with van der Waals surface area (Å²) in [5.41, 5.74) is 3.44. The van der Waals surface area contributed by atoms with Crippen molar-refractivity contribution in [3.05, 3.63) is 81.9 Å². The minimum atomic E-state index is -4.43. The zero-order chi connectivity index (χ0) is 23.4. The minimum absolute atomic E-state index is 0.608. The van der Waals surface area contributed by atoms with E-state index in [0.717, 1.165) is 45.5 Å². The maximum absolute atomic E-state index is 13.3. The van der Waals surface area contributed by atoms with Crippen LogP contribution in [0, 0.1) is 0 Å². The highest BCUT2D eigenvalue weighted by molar-refractivity contribution is 5.89. The number of halogens is 6. The van der Waals surface area contributed by atoms with Crippen molar-refractivity contribution in [3.8, 4) is 22.3 Å². The minimum Gasteiger partial charge on any atom is -0.166 e. The van der Waals surface area contributed by atoms with Gasteiger partial charge in [0.05, 0.1) is 11.1 Å². The second-order valence-electron chi connectivity index (χ2n) is 9.71. The van der Waals surface area contributed by atoms with Crippen LogP contribution in [0.4, 0.5) is 26.3 Å². The molecular weight excluding hydrogens is 426 g/mol. The maximum atomic E-state index is 13.3. The highest BCUT2D eigenvalue weighted by Gasteiger charge is 2.44. The van der Waals surface area contributed by atoms with Crippen molar-refractivity contribution >= 4 is 0 Å². The molecule has 0 spiro atoms. The van der Waals surface area contributed by atoms with Crippen molar-refractivity contribution in [2.75, 3.05) is 0 Å². The van der Waals surface area contributed by atoms with E-state index < -0.39 is 34.3 Å². The van der Waals surface area contributed by atoms with Gasteiger partial charge in [-0.3, -0.25) is 0 Å². The van der Waals surface area contributed by atoms with Crippen LogP contribution >= 0.6 is 0 Å². The molecule has 3 aromatic rings. The van der Waals surface area contributed by atoms with Crippen molar-refractivity contribution < 1.29 is 26.3 Å². The van der Waals surface area contributed by atoms with Crippen LogP contribution in [0.3, 0.4) is 0 Å². The third-order valence-corrected chi connectivity index (χ3v) is 7.13. The first-order valence-electron chi connectivity index (χ1n) is 10.3. The zero-order valence-electron chi connectivity index (χ0n) is 17.9. The molecule has 0 amide bonds. The molecule has 6 heteroatoms. The van der Waals surface area contributed by atoms with Crippen LogP contribution in [0.1, 0.15) is 61.1 Å². The third kappa shape index (κ3) is 2.71. The zero-order valence-corrected chi connectivity index (χ0v) is 17.9. The van der Waals surface area contributed by atoms with Crippen LogP contribution in [-0.4, -0.2) is 0 Å². The van der Waals surface area contributed by atoms with E-state index in [1.54, 1.807) is 0 Å². The fourth-order valence-electron chi connectivity index (χ4n) is 5.31. The van der Waals surface area contributed by atoms with Gasteiger partial charge in [0.1, 0.15) is 0 Å². The molecular formula is C26H20F6. The van der Waals surface area contributed by atoms with E-state index in [0.29, 0.717) is 11.1 Å². The summed E-state index contributed by atoms with van der Waals surface area (Å²) < 4.78 is 80.0. The van der Waals surface area contributed by atoms with Gasteiger partial charge in [0, 0.05) is 10.8 Å². The van der Waals surface area contributed by atoms with Gasteiger partial charge >= 0.3 is 12.4 Å². The molecule has 32 heavy (non-hydrogen) atoms. The summed E-state index contributed by atoms with van der Waals surface area (Å²) in [5.74, 6) is 0. The van der Waals surface area contributed by atoms with Gasteiger partial charge in [-0.2, -0.15) is 26.3 Å². The average Bonchev–Trinajstić information content (AvgIpc) is 3.05. The monoisotopic (exact) mass is 446 g/mol. The Morgan fingerprint density at radius 2 is 0.781 bits per heavy atom. The first kappa shape index (κ1) is 21.1. The molecule has 2 aliphatic rings. The summed E-state index contributed by atoms with van der Waals surface area (Å²) in [4.78, 5) is 0. The summed E-state index contributed by atoms with van der Waals surface area (Å²) >= 11 is 0. The Morgan fingerprint density at radius 3 is 1.09 bits per heavy atom. The average molecular weight is 446 g/mol. The Morgan fingerprint density at radius 1 is 0.469 bits per heavy atom. The Labute approximate surface area is 181 Å². The molecule has 3 aromatic carbocycles. The number of benzene rings is 3. The molecule has 0 radical (unpaired) electrons. The fraction of sp³-hybridized carbons (Fsp3) is 0.308. The predicted molar refractivity (Wildman–Crippen MR) is 112 cm³/mol. The molecule has 0 aromatic heterocycles. The van der Waals surface area contributed by atoms with E-state index in [4.69, 9.17) is 0 Å². The van der Waals surface area contributed by atoms with Crippen molar-refractivity contribution in [2.24, 2.45) is 0 Å². The molecule has 0 N–H and O–H groups in total. The van der Waals surface area contributed by atoms with Crippen LogP contribution in [0.5, 0.6) is 0 Å². The molecule has 0 bridgehead atoms. The molecule has 0 unspecified atom stereocenters. The van der Waals surface area contributed by atoms with Crippen molar-refractivity contribution in [1.29, 1.82) is 0 Å². The van der Waals surface area contributed by atoms with Crippen LogP contribution < -0.4 is 0 Å². The fourth-order valence-corrected chi connectivity index (χ4v) is 5.31. The van der Waals surface area contributed by atoms with Gasteiger partial charge in [-0.05, 0) is 80.9 Å². The van der Waals surface area contributed by atoms with Crippen molar-refractivity contribution in [2.45, 2.75) is 50.9 Å². The molecule has 5 rings (SSSR count). The molecule has 0 atom stereocenters. The standard InChI is InChI=1S/C26H20F6/c1-23(2)19-9-13(25(27,28)29)5-7-15(19)17-12-22-18(11-21(17)23)16-8-6-14(26(30,31)32)10-20(16)24(22,3)4/h5-12H,1-4H3. The second-order valence-corrected chi connectivity index (χ2v) is 9.71. The van der Waals surface area contributed by atoms with E-state index in [-0.39, 0.29) is 0 Å². The molecule has 0 fully saturated rings. The van der Waals surface area contributed by atoms with Crippen molar-refractivity contribution in [3.63, 3.8) is 0 Å². The summed E-state index contributed by atoms with van der Waals surface area (Å²) in [7, 11) is 0. The number of fused-ring (bicyclic) bond motifs is 6. The Kier molecular flexibility index (Phi) is 3.94. The van der Waals surface area contributed by atoms with Gasteiger partial charge in [-0.25, -0.2) is 0 Å². The molecule has 0 aliphatic heterocycles. The summed E-state index contributed by atoms with van der Waals surface area (Å²) in [6.07, 6.45) is -8.86. The van der Waals surface area contributed by atoms with Gasteiger partial charge < -0.3 is 0 Å². The maximum Gasteiger partial charge on any atom is 0.416 e. The second kappa shape index (κ2) is 5.97. The topological polar surface area (TPSA) is 0 Å². The van der Waals surface area contributed by atoms with Gasteiger partial charge in [-0.15, -0.1) is 0 Å². The largest absolute Gasteiger partial charge is 0.416 e. The molecule has 0 heterocycles. The summed E-state index contributed by atoms with van der Waals surface area (Å²) in [6, 6.07) is 11.5. The van der Waals surface area contributed by atoms with E-state index in [9.17, 15) is 26.3 Å². The number of alkyl halides is 6. The first-order valence-corrected chi connectivity index (χ1v) is 10.3. The number of rotatable bonds is 0. The molecule has 0 saturated heterocycles. The molecule has 0 nitrogen and oxygen atoms in total. The summed E-state index contributed by atoms with van der Waals surface area (Å²) in [5, 5.41) is 0. The lowest BCUT2D eigenvalue weighted by molar-refractivity contribution is -0.138. The van der Waals surface area contributed by atoms with E-state index in [1.165, 1.54) is 24.3 Å². The normalized spacial score (nSPS) is 17.6.